The Kier molecular flexibility index (Phi) is 5.29. The van der Waals surface area contributed by atoms with Gasteiger partial charge in [0.1, 0.15) is 17.5 Å². The molecular weight excluding hydrogens is 379 g/mol. The van der Waals surface area contributed by atoms with Crippen molar-refractivity contribution in [1.29, 1.82) is 0 Å². The fourth-order valence-corrected chi connectivity index (χ4v) is 7.48. The van der Waals surface area contributed by atoms with Gasteiger partial charge in [0.2, 0.25) is 0 Å². The Labute approximate surface area is 172 Å². The molecule has 0 radical (unpaired) electrons. The lowest BCUT2D eigenvalue weighted by atomic mass is 9.90. The molecule has 3 aromatic rings. The predicted molar refractivity (Wildman–Crippen MR) is 118 cm³/mol. The zero-order valence-corrected chi connectivity index (χ0v) is 17.6. The van der Waals surface area contributed by atoms with Gasteiger partial charge in [0.25, 0.3) is 0 Å². The summed E-state index contributed by atoms with van der Waals surface area (Å²) in [6, 6.07) is 28.4. The predicted octanol–water partition coefficient (Wildman–Crippen LogP) is 4.88. The summed E-state index contributed by atoms with van der Waals surface area (Å²) in [6.45, 7) is 3.85. The van der Waals surface area contributed by atoms with Crippen LogP contribution in [0.25, 0.3) is 0 Å². The molecule has 2 atom stereocenters. The summed E-state index contributed by atoms with van der Waals surface area (Å²) in [5, 5.41) is 1.38. The van der Waals surface area contributed by atoms with Crippen molar-refractivity contribution in [3.63, 3.8) is 0 Å². The van der Waals surface area contributed by atoms with Crippen molar-refractivity contribution in [2.45, 2.75) is 37.6 Å². The van der Waals surface area contributed by atoms with Crippen molar-refractivity contribution in [3.8, 4) is 0 Å². The molecule has 3 aromatic carbocycles. The lowest BCUT2D eigenvalue weighted by Gasteiger charge is -2.43. The molecule has 4 rings (SSSR count). The molecule has 1 aliphatic heterocycles. The first-order chi connectivity index (χ1) is 13.9. The van der Waals surface area contributed by atoms with Crippen molar-refractivity contribution in [2.75, 3.05) is 0 Å². The van der Waals surface area contributed by atoms with Crippen molar-refractivity contribution in [3.05, 3.63) is 96.6 Å². The van der Waals surface area contributed by atoms with E-state index in [0.717, 1.165) is 5.56 Å². The summed E-state index contributed by atoms with van der Waals surface area (Å²) in [4.78, 5) is 13.5. The maximum absolute atomic E-state index is 14.9. The van der Waals surface area contributed by atoms with Crippen LogP contribution < -0.4 is 10.6 Å². The molecule has 2 unspecified atom stereocenters. The molecule has 29 heavy (non-hydrogen) atoms. The Hall–Kier alpha value is -2.48. The number of hydrogen-bond acceptors (Lipinski definition) is 3. The minimum atomic E-state index is -3.31. The van der Waals surface area contributed by atoms with Gasteiger partial charge in [-0.25, -0.2) is 0 Å². The highest BCUT2D eigenvalue weighted by atomic mass is 31.2. The van der Waals surface area contributed by atoms with Crippen molar-refractivity contribution < 1.29 is 14.1 Å². The van der Waals surface area contributed by atoms with Crippen molar-refractivity contribution in [1.82, 2.24) is 0 Å². The third-order valence-electron chi connectivity index (χ3n) is 5.46. The quantitative estimate of drug-likeness (QED) is 0.582. The number of rotatable bonds is 4. The van der Waals surface area contributed by atoms with Gasteiger partial charge in [-0.15, -0.1) is 0 Å². The van der Waals surface area contributed by atoms with Gasteiger partial charge in [-0.3, -0.25) is 4.79 Å². The lowest BCUT2D eigenvalue weighted by Crippen LogP contribution is -2.48. The summed E-state index contributed by atoms with van der Waals surface area (Å²) in [7, 11) is -3.31. The molecule has 0 aliphatic carbocycles. The van der Waals surface area contributed by atoms with Crippen LogP contribution in [0.3, 0.4) is 0 Å². The molecule has 3 nitrogen and oxygen atoms in total. The molecule has 0 saturated carbocycles. The fraction of sp³-hybridized carbons (Fsp3) is 0.240. The van der Waals surface area contributed by atoms with Crippen molar-refractivity contribution >= 4 is 23.5 Å². The molecule has 1 fully saturated rings. The minimum Gasteiger partial charge on any atom is -0.366 e. The molecule has 1 aliphatic rings. The maximum Gasteiger partial charge on any atom is 0.156 e. The van der Waals surface area contributed by atoms with Crippen LogP contribution in [0.15, 0.2) is 91.0 Å². The first kappa shape index (κ1) is 19.8. The Balaban J connectivity index is 1.95. The first-order valence-corrected chi connectivity index (χ1v) is 11.7. The fourth-order valence-electron chi connectivity index (χ4n) is 4.20. The van der Waals surface area contributed by atoms with Gasteiger partial charge < -0.3 is 9.30 Å². The van der Waals surface area contributed by atoms with Crippen LogP contribution in [0.4, 0.5) is 0 Å². The number of carbonyl (C=O) groups excluding carboxylic acids is 1. The van der Waals surface area contributed by atoms with Crippen LogP contribution in [0, 0.1) is 0 Å². The number of ketones is 1. The first-order valence-electron chi connectivity index (χ1n) is 9.88. The van der Waals surface area contributed by atoms with Gasteiger partial charge >= 0.3 is 0 Å². The number of benzene rings is 3. The van der Waals surface area contributed by atoms with Crippen LogP contribution in [0.1, 0.15) is 31.9 Å². The number of ether oxygens (including phenoxy) is 1. The smallest absolute Gasteiger partial charge is 0.156 e. The van der Waals surface area contributed by atoms with Gasteiger partial charge in [-0.2, -0.15) is 0 Å². The third-order valence-corrected chi connectivity index (χ3v) is 8.93. The second-order valence-corrected chi connectivity index (χ2v) is 11.0. The van der Waals surface area contributed by atoms with E-state index >= 15 is 0 Å². The lowest BCUT2D eigenvalue weighted by molar-refractivity contribution is -0.147. The Bertz CT molecular complexity index is 986. The summed E-state index contributed by atoms with van der Waals surface area (Å²) < 4.78 is 21.3. The largest absolute Gasteiger partial charge is 0.366 e. The topological polar surface area (TPSA) is 43.4 Å². The molecule has 148 valence electrons. The van der Waals surface area contributed by atoms with E-state index in [-0.39, 0.29) is 12.2 Å². The van der Waals surface area contributed by atoms with E-state index < -0.39 is 24.5 Å². The maximum atomic E-state index is 14.9. The van der Waals surface area contributed by atoms with Gasteiger partial charge in [-0.1, -0.05) is 91.0 Å². The molecular formula is C25H25O3P. The molecule has 0 amide bonds. The number of carbonyl (C=O) groups is 1. The number of hydrogen-bond donors (Lipinski definition) is 0. The van der Waals surface area contributed by atoms with Crippen molar-refractivity contribution in [2.24, 2.45) is 0 Å². The van der Waals surface area contributed by atoms with E-state index in [0.29, 0.717) is 10.6 Å². The number of Topliss-reactive ketones (excluding diaryl/α,β-unsaturated/α-hetero) is 1. The van der Waals surface area contributed by atoms with E-state index in [4.69, 9.17) is 4.74 Å². The molecule has 0 bridgehead atoms. The Morgan fingerprint density at radius 3 is 1.72 bits per heavy atom. The minimum absolute atomic E-state index is 0.00820. The van der Waals surface area contributed by atoms with Crippen LogP contribution in [-0.4, -0.2) is 17.0 Å². The Morgan fingerprint density at radius 2 is 1.24 bits per heavy atom. The molecule has 0 N–H and O–H groups in total. The average molecular weight is 404 g/mol. The second-order valence-electron chi connectivity index (χ2n) is 8.13. The SMILES string of the molecule is CC1(C)CC(=O)C(P(=O)(c2ccccc2)c2ccccc2)C(c2ccccc2)O1. The highest BCUT2D eigenvalue weighted by molar-refractivity contribution is 7.80. The van der Waals surface area contributed by atoms with Gasteiger partial charge in [0.15, 0.2) is 7.14 Å². The zero-order chi connectivity index (χ0) is 20.5. The van der Waals surface area contributed by atoms with Crippen LogP contribution in [0.2, 0.25) is 0 Å². The third kappa shape index (κ3) is 3.73. The van der Waals surface area contributed by atoms with E-state index in [1.807, 2.05) is 105 Å². The molecule has 1 heterocycles. The average Bonchev–Trinajstić information content (AvgIpc) is 2.74. The van der Waals surface area contributed by atoms with Crippen LogP contribution in [0.5, 0.6) is 0 Å². The van der Waals surface area contributed by atoms with Crippen LogP contribution >= 0.6 is 7.14 Å². The molecule has 0 aromatic heterocycles. The highest BCUT2D eigenvalue weighted by Gasteiger charge is 2.52. The van der Waals surface area contributed by atoms with Gasteiger partial charge in [0.05, 0.1) is 5.60 Å². The summed E-state index contributed by atoms with van der Waals surface area (Å²) >= 11 is 0. The monoisotopic (exact) mass is 404 g/mol. The molecule has 4 heteroatoms. The van der Waals surface area contributed by atoms with E-state index in [2.05, 4.69) is 0 Å². The Morgan fingerprint density at radius 1 is 0.793 bits per heavy atom. The summed E-state index contributed by atoms with van der Waals surface area (Å²) in [5.74, 6) is -0.00820. The molecule has 0 spiro atoms. The standard InChI is InChI=1S/C25H25O3P/c1-25(2)18-22(26)24(23(28-25)19-12-6-3-7-13-19)29(27,20-14-8-4-9-15-20)21-16-10-5-11-17-21/h3-17,23-24H,18H2,1-2H3. The molecule has 1 saturated heterocycles. The van der Waals surface area contributed by atoms with E-state index in [1.54, 1.807) is 0 Å². The van der Waals surface area contributed by atoms with E-state index in [9.17, 15) is 9.36 Å². The highest BCUT2D eigenvalue weighted by Crippen LogP contribution is 2.57. The normalized spacial score (nSPS) is 21.7. The summed E-state index contributed by atoms with van der Waals surface area (Å²) in [6.07, 6.45) is -0.330. The summed E-state index contributed by atoms with van der Waals surface area (Å²) in [5.41, 5.74) is -0.486. The van der Waals surface area contributed by atoms with E-state index in [1.165, 1.54) is 0 Å². The van der Waals surface area contributed by atoms with Crippen LogP contribution in [-0.2, 0) is 14.1 Å². The van der Waals surface area contributed by atoms with Gasteiger partial charge in [0, 0.05) is 17.0 Å². The zero-order valence-electron chi connectivity index (χ0n) is 16.7. The van der Waals surface area contributed by atoms with Gasteiger partial charge in [-0.05, 0) is 19.4 Å². The second kappa shape index (κ2) is 7.74.